The second kappa shape index (κ2) is 5.16. The summed E-state index contributed by atoms with van der Waals surface area (Å²) in [4.78, 5) is 22.2. The lowest BCUT2D eigenvalue weighted by Gasteiger charge is -2.00. The molecule has 7 heteroatoms. The minimum Gasteiger partial charge on any atom is -0.480 e. The number of rotatable bonds is 6. The van der Waals surface area contributed by atoms with Gasteiger partial charge in [-0.3, -0.25) is 9.59 Å². The molecule has 0 radical (unpaired) electrons. The van der Waals surface area contributed by atoms with Gasteiger partial charge in [-0.05, 0) is 18.8 Å². The number of carboxylic acid groups (broad SMARTS) is 1. The van der Waals surface area contributed by atoms with Crippen molar-refractivity contribution in [3.8, 4) is 0 Å². The zero-order chi connectivity index (χ0) is 13.1. The van der Waals surface area contributed by atoms with Crippen LogP contribution in [-0.2, 0) is 11.3 Å². The molecule has 2 N–H and O–H groups in total. The van der Waals surface area contributed by atoms with Gasteiger partial charge in [-0.1, -0.05) is 18.6 Å². The fraction of sp³-hybridized carbons (Fsp3) is 0.636. The summed E-state index contributed by atoms with van der Waals surface area (Å²) in [5.41, 5.74) is 0.165. The van der Waals surface area contributed by atoms with Crippen molar-refractivity contribution >= 4 is 11.9 Å². The van der Waals surface area contributed by atoms with E-state index in [2.05, 4.69) is 22.6 Å². The monoisotopic (exact) mass is 252 g/mol. The number of nitrogens with one attached hydrogen (secondary N) is 1. The molecule has 1 aromatic rings. The number of carboxylic acids is 1. The third-order valence-corrected chi connectivity index (χ3v) is 2.97. The van der Waals surface area contributed by atoms with Gasteiger partial charge in [0, 0.05) is 6.04 Å². The van der Waals surface area contributed by atoms with Gasteiger partial charge in [0.05, 0.1) is 6.20 Å². The molecule has 1 aromatic heterocycles. The second-order valence-electron chi connectivity index (χ2n) is 4.56. The van der Waals surface area contributed by atoms with E-state index in [0.29, 0.717) is 5.92 Å². The van der Waals surface area contributed by atoms with Crippen LogP contribution in [0.4, 0.5) is 0 Å². The third kappa shape index (κ3) is 3.06. The van der Waals surface area contributed by atoms with E-state index in [1.807, 2.05) is 0 Å². The van der Waals surface area contributed by atoms with E-state index in [0.717, 1.165) is 23.9 Å². The highest BCUT2D eigenvalue weighted by molar-refractivity contribution is 5.92. The SMILES string of the molecule is CCCC1CC1NC(=O)c1cn(CC(=O)O)nn1. The first-order chi connectivity index (χ1) is 8.60. The minimum atomic E-state index is -1.02. The average Bonchev–Trinajstić information content (AvgIpc) is 2.85. The molecule has 0 aliphatic heterocycles. The Labute approximate surface area is 104 Å². The summed E-state index contributed by atoms with van der Waals surface area (Å²) < 4.78 is 1.13. The van der Waals surface area contributed by atoms with Crippen molar-refractivity contribution in [3.05, 3.63) is 11.9 Å². The standard InChI is InChI=1S/C11H16N4O3/c1-2-3-7-4-8(7)12-11(18)9-5-15(14-13-9)6-10(16)17/h5,7-8H,2-4,6H2,1H3,(H,12,18)(H,16,17). The molecule has 1 heterocycles. The molecule has 18 heavy (non-hydrogen) atoms. The maximum absolute atomic E-state index is 11.8. The van der Waals surface area contributed by atoms with Crippen LogP contribution in [0.1, 0.15) is 36.7 Å². The van der Waals surface area contributed by atoms with Gasteiger partial charge in [-0.2, -0.15) is 0 Å². The van der Waals surface area contributed by atoms with E-state index in [1.165, 1.54) is 6.20 Å². The van der Waals surface area contributed by atoms with Gasteiger partial charge >= 0.3 is 5.97 Å². The molecule has 2 unspecified atom stereocenters. The lowest BCUT2D eigenvalue weighted by atomic mass is 10.2. The molecular weight excluding hydrogens is 236 g/mol. The molecule has 0 bridgehead atoms. The maximum atomic E-state index is 11.8. The molecular formula is C11H16N4O3. The van der Waals surface area contributed by atoms with Crippen LogP contribution in [0, 0.1) is 5.92 Å². The highest BCUT2D eigenvalue weighted by Crippen LogP contribution is 2.34. The fourth-order valence-corrected chi connectivity index (χ4v) is 1.97. The highest BCUT2D eigenvalue weighted by atomic mass is 16.4. The molecule has 2 rings (SSSR count). The maximum Gasteiger partial charge on any atom is 0.325 e. The topological polar surface area (TPSA) is 97.1 Å². The Morgan fingerprint density at radius 1 is 1.61 bits per heavy atom. The normalized spacial score (nSPS) is 21.6. The Morgan fingerprint density at radius 2 is 2.39 bits per heavy atom. The first-order valence-electron chi connectivity index (χ1n) is 6.03. The number of aliphatic carboxylic acids is 1. The lowest BCUT2D eigenvalue weighted by Crippen LogP contribution is -2.27. The van der Waals surface area contributed by atoms with E-state index in [1.54, 1.807) is 0 Å². The van der Waals surface area contributed by atoms with Crippen LogP contribution in [0.3, 0.4) is 0 Å². The predicted molar refractivity (Wildman–Crippen MR) is 61.9 cm³/mol. The van der Waals surface area contributed by atoms with Crippen LogP contribution < -0.4 is 5.32 Å². The molecule has 2 atom stereocenters. The summed E-state index contributed by atoms with van der Waals surface area (Å²) >= 11 is 0. The summed E-state index contributed by atoms with van der Waals surface area (Å²) in [7, 11) is 0. The van der Waals surface area contributed by atoms with Crippen LogP contribution in [-0.4, -0.2) is 38.0 Å². The summed E-state index contributed by atoms with van der Waals surface area (Å²) in [6, 6.07) is 0.238. The quantitative estimate of drug-likeness (QED) is 0.758. The first kappa shape index (κ1) is 12.5. The molecule has 0 aromatic carbocycles. The smallest absolute Gasteiger partial charge is 0.325 e. The number of hydrogen-bond acceptors (Lipinski definition) is 4. The van der Waals surface area contributed by atoms with Crippen molar-refractivity contribution in [1.82, 2.24) is 20.3 Å². The summed E-state index contributed by atoms with van der Waals surface area (Å²) in [5.74, 6) is -0.722. The van der Waals surface area contributed by atoms with E-state index >= 15 is 0 Å². The number of carbonyl (C=O) groups is 2. The molecule has 1 fully saturated rings. The van der Waals surface area contributed by atoms with Gasteiger partial charge in [0.15, 0.2) is 5.69 Å². The molecule has 1 aliphatic rings. The van der Waals surface area contributed by atoms with Crippen molar-refractivity contribution in [3.63, 3.8) is 0 Å². The summed E-state index contributed by atoms with van der Waals surface area (Å²) in [6.45, 7) is 1.83. The van der Waals surface area contributed by atoms with Crippen molar-refractivity contribution in [2.45, 2.75) is 38.8 Å². The zero-order valence-electron chi connectivity index (χ0n) is 10.2. The van der Waals surface area contributed by atoms with E-state index in [4.69, 9.17) is 5.11 Å². The van der Waals surface area contributed by atoms with Crippen LogP contribution >= 0.6 is 0 Å². The Kier molecular flexibility index (Phi) is 3.59. The zero-order valence-corrected chi connectivity index (χ0v) is 10.2. The van der Waals surface area contributed by atoms with Crippen molar-refractivity contribution in [2.24, 2.45) is 5.92 Å². The molecule has 98 valence electrons. The van der Waals surface area contributed by atoms with Gasteiger partial charge < -0.3 is 10.4 Å². The number of amides is 1. The Hall–Kier alpha value is -1.92. The molecule has 7 nitrogen and oxygen atoms in total. The minimum absolute atomic E-state index is 0.165. The van der Waals surface area contributed by atoms with Crippen molar-refractivity contribution in [2.75, 3.05) is 0 Å². The second-order valence-corrected chi connectivity index (χ2v) is 4.56. The Morgan fingerprint density at radius 3 is 3.06 bits per heavy atom. The summed E-state index contributed by atoms with van der Waals surface area (Å²) in [6.07, 6.45) is 4.60. The largest absolute Gasteiger partial charge is 0.480 e. The molecule has 0 spiro atoms. The third-order valence-electron chi connectivity index (χ3n) is 2.97. The molecule has 0 saturated heterocycles. The van der Waals surface area contributed by atoms with Gasteiger partial charge in [0.2, 0.25) is 0 Å². The Balaban J connectivity index is 1.86. The van der Waals surface area contributed by atoms with Gasteiger partial charge in [-0.25, -0.2) is 4.68 Å². The molecule has 1 aliphatic carbocycles. The summed E-state index contributed by atoms with van der Waals surface area (Å²) in [5, 5.41) is 18.7. The van der Waals surface area contributed by atoms with Crippen LogP contribution in [0.25, 0.3) is 0 Å². The Bertz CT molecular complexity index is 457. The number of aromatic nitrogens is 3. The van der Waals surface area contributed by atoms with Gasteiger partial charge in [0.25, 0.3) is 5.91 Å². The molecule has 1 saturated carbocycles. The van der Waals surface area contributed by atoms with E-state index in [-0.39, 0.29) is 24.2 Å². The molecule has 1 amide bonds. The van der Waals surface area contributed by atoms with E-state index in [9.17, 15) is 9.59 Å². The van der Waals surface area contributed by atoms with Gasteiger partial charge in [0.1, 0.15) is 6.54 Å². The van der Waals surface area contributed by atoms with Crippen molar-refractivity contribution < 1.29 is 14.7 Å². The fourth-order valence-electron chi connectivity index (χ4n) is 1.97. The number of carbonyl (C=O) groups excluding carboxylic acids is 1. The first-order valence-corrected chi connectivity index (χ1v) is 6.03. The number of nitrogens with zero attached hydrogens (tertiary/aromatic N) is 3. The van der Waals surface area contributed by atoms with E-state index < -0.39 is 5.97 Å². The number of hydrogen-bond donors (Lipinski definition) is 2. The van der Waals surface area contributed by atoms with Gasteiger partial charge in [-0.15, -0.1) is 5.10 Å². The van der Waals surface area contributed by atoms with Crippen LogP contribution in [0.15, 0.2) is 6.20 Å². The highest BCUT2D eigenvalue weighted by Gasteiger charge is 2.37. The lowest BCUT2D eigenvalue weighted by molar-refractivity contribution is -0.137. The van der Waals surface area contributed by atoms with Crippen LogP contribution in [0.2, 0.25) is 0 Å². The van der Waals surface area contributed by atoms with Crippen LogP contribution in [0.5, 0.6) is 0 Å². The predicted octanol–water partition coefficient (Wildman–Crippen LogP) is 0.281. The average molecular weight is 252 g/mol. The van der Waals surface area contributed by atoms with Crippen molar-refractivity contribution in [1.29, 1.82) is 0 Å².